The first-order valence-electron chi connectivity index (χ1n) is 6.28. The minimum atomic E-state index is 0.246. The van der Waals surface area contributed by atoms with Crippen molar-refractivity contribution in [1.29, 1.82) is 0 Å². The van der Waals surface area contributed by atoms with E-state index < -0.39 is 0 Å². The predicted octanol–water partition coefficient (Wildman–Crippen LogP) is 2.19. The standard InChI is InChI=1S/C13H16N4O/c1-9(10-4-6-14-7-5-10)15-8-12-16-13(18-17-12)11-2-3-11/h4-7,9,11,15H,2-3,8H2,1H3/t9-/m0/s1. The minimum Gasteiger partial charge on any atom is -0.339 e. The fraction of sp³-hybridized carbons (Fsp3) is 0.462. The molecule has 0 saturated heterocycles. The molecule has 0 unspecified atom stereocenters. The van der Waals surface area contributed by atoms with Gasteiger partial charge in [-0.15, -0.1) is 0 Å². The molecule has 5 nitrogen and oxygen atoms in total. The van der Waals surface area contributed by atoms with Crippen LogP contribution in [0.1, 0.15) is 49.0 Å². The number of pyridine rings is 1. The van der Waals surface area contributed by atoms with Crippen LogP contribution >= 0.6 is 0 Å². The molecule has 0 aliphatic heterocycles. The second-order valence-corrected chi connectivity index (χ2v) is 4.71. The number of hydrogen-bond donors (Lipinski definition) is 1. The summed E-state index contributed by atoms with van der Waals surface area (Å²) in [6.07, 6.45) is 5.96. The topological polar surface area (TPSA) is 63.8 Å². The highest BCUT2D eigenvalue weighted by molar-refractivity contribution is 5.14. The van der Waals surface area contributed by atoms with Gasteiger partial charge in [0.1, 0.15) is 0 Å². The van der Waals surface area contributed by atoms with Crippen LogP contribution in [0.4, 0.5) is 0 Å². The SMILES string of the molecule is C[C@H](NCc1noc(C2CC2)n1)c1ccncc1. The Morgan fingerprint density at radius 3 is 2.89 bits per heavy atom. The van der Waals surface area contributed by atoms with Crippen LogP contribution in [-0.4, -0.2) is 15.1 Å². The van der Waals surface area contributed by atoms with Crippen molar-refractivity contribution in [1.82, 2.24) is 20.4 Å². The van der Waals surface area contributed by atoms with Gasteiger partial charge in [0.05, 0.1) is 6.54 Å². The molecule has 2 aromatic heterocycles. The van der Waals surface area contributed by atoms with Crippen molar-refractivity contribution >= 4 is 0 Å². The molecule has 1 fully saturated rings. The van der Waals surface area contributed by atoms with Crippen LogP contribution in [0.15, 0.2) is 29.0 Å². The third kappa shape index (κ3) is 2.56. The fourth-order valence-electron chi connectivity index (χ4n) is 1.85. The van der Waals surface area contributed by atoms with E-state index in [9.17, 15) is 0 Å². The predicted molar refractivity (Wildman–Crippen MR) is 65.8 cm³/mol. The van der Waals surface area contributed by atoms with E-state index in [2.05, 4.69) is 27.4 Å². The molecule has 94 valence electrons. The lowest BCUT2D eigenvalue weighted by molar-refractivity contribution is 0.371. The average molecular weight is 244 g/mol. The molecular formula is C13H16N4O. The summed E-state index contributed by atoms with van der Waals surface area (Å²) in [5.41, 5.74) is 1.20. The second-order valence-electron chi connectivity index (χ2n) is 4.71. The first kappa shape index (κ1) is 11.3. The number of aromatic nitrogens is 3. The van der Waals surface area contributed by atoms with Gasteiger partial charge in [-0.1, -0.05) is 5.16 Å². The Balaban J connectivity index is 1.56. The Morgan fingerprint density at radius 2 is 2.17 bits per heavy atom. The van der Waals surface area contributed by atoms with Gasteiger partial charge in [0, 0.05) is 24.4 Å². The van der Waals surface area contributed by atoms with Crippen LogP contribution in [0.2, 0.25) is 0 Å². The van der Waals surface area contributed by atoms with Crippen LogP contribution < -0.4 is 5.32 Å². The van der Waals surface area contributed by atoms with Crippen molar-refractivity contribution < 1.29 is 4.52 Å². The number of nitrogens with one attached hydrogen (secondary N) is 1. The molecule has 2 aromatic rings. The Hall–Kier alpha value is -1.75. The molecule has 3 rings (SSSR count). The van der Waals surface area contributed by atoms with Gasteiger partial charge in [-0.2, -0.15) is 4.98 Å². The van der Waals surface area contributed by atoms with Gasteiger partial charge >= 0.3 is 0 Å². The molecule has 1 aliphatic carbocycles. The van der Waals surface area contributed by atoms with Crippen LogP contribution in [-0.2, 0) is 6.54 Å². The lowest BCUT2D eigenvalue weighted by Gasteiger charge is -2.11. The summed E-state index contributed by atoms with van der Waals surface area (Å²) in [4.78, 5) is 8.39. The quantitative estimate of drug-likeness (QED) is 0.873. The number of nitrogens with zero attached hydrogens (tertiary/aromatic N) is 3. The summed E-state index contributed by atoms with van der Waals surface area (Å²) < 4.78 is 5.22. The van der Waals surface area contributed by atoms with E-state index in [1.54, 1.807) is 12.4 Å². The normalized spacial score (nSPS) is 16.7. The summed E-state index contributed by atoms with van der Waals surface area (Å²) >= 11 is 0. The van der Waals surface area contributed by atoms with Crippen molar-refractivity contribution in [2.75, 3.05) is 0 Å². The van der Waals surface area contributed by atoms with Gasteiger partial charge in [-0.05, 0) is 37.5 Å². The first-order chi connectivity index (χ1) is 8.83. The summed E-state index contributed by atoms with van der Waals surface area (Å²) in [5, 5.41) is 7.36. The van der Waals surface area contributed by atoms with E-state index in [4.69, 9.17) is 4.52 Å². The molecule has 1 saturated carbocycles. The molecule has 0 amide bonds. The van der Waals surface area contributed by atoms with Crippen LogP contribution in [0.25, 0.3) is 0 Å². The third-order valence-electron chi connectivity index (χ3n) is 3.18. The third-order valence-corrected chi connectivity index (χ3v) is 3.18. The van der Waals surface area contributed by atoms with E-state index in [0.29, 0.717) is 12.5 Å². The van der Waals surface area contributed by atoms with Crippen molar-refractivity contribution in [3.8, 4) is 0 Å². The monoisotopic (exact) mass is 244 g/mol. The van der Waals surface area contributed by atoms with Crippen molar-refractivity contribution in [2.45, 2.75) is 38.3 Å². The lowest BCUT2D eigenvalue weighted by Crippen LogP contribution is -2.18. The molecule has 0 radical (unpaired) electrons. The summed E-state index contributed by atoms with van der Waals surface area (Å²) in [7, 11) is 0. The van der Waals surface area contributed by atoms with Crippen LogP contribution in [0.3, 0.4) is 0 Å². The summed E-state index contributed by atoms with van der Waals surface area (Å²) in [6.45, 7) is 2.73. The molecular weight excluding hydrogens is 228 g/mol. The molecule has 5 heteroatoms. The van der Waals surface area contributed by atoms with Crippen LogP contribution in [0, 0.1) is 0 Å². The van der Waals surface area contributed by atoms with E-state index in [1.807, 2.05) is 12.1 Å². The zero-order chi connectivity index (χ0) is 12.4. The molecule has 1 N–H and O–H groups in total. The highest BCUT2D eigenvalue weighted by Crippen LogP contribution is 2.38. The van der Waals surface area contributed by atoms with Crippen molar-refractivity contribution in [3.05, 3.63) is 41.8 Å². The van der Waals surface area contributed by atoms with E-state index >= 15 is 0 Å². The van der Waals surface area contributed by atoms with Gasteiger partial charge in [0.15, 0.2) is 5.82 Å². The second kappa shape index (κ2) is 4.86. The fourth-order valence-corrected chi connectivity index (χ4v) is 1.85. The van der Waals surface area contributed by atoms with Gasteiger partial charge in [0.25, 0.3) is 0 Å². The van der Waals surface area contributed by atoms with E-state index in [1.165, 1.54) is 18.4 Å². The maximum Gasteiger partial charge on any atom is 0.229 e. The average Bonchev–Trinajstić information content (AvgIpc) is 3.16. The summed E-state index contributed by atoms with van der Waals surface area (Å²) in [6, 6.07) is 4.25. The van der Waals surface area contributed by atoms with Crippen molar-refractivity contribution in [3.63, 3.8) is 0 Å². The highest BCUT2D eigenvalue weighted by atomic mass is 16.5. The zero-order valence-electron chi connectivity index (χ0n) is 10.3. The van der Waals surface area contributed by atoms with E-state index in [-0.39, 0.29) is 6.04 Å². The maximum atomic E-state index is 5.22. The summed E-state index contributed by atoms with van der Waals surface area (Å²) in [5.74, 6) is 2.05. The Morgan fingerprint density at radius 1 is 1.39 bits per heavy atom. The molecule has 1 aliphatic rings. The minimum absolute atomic E-state index is 0.246. The Labute approximate surface area is 106 Å². The largest absolute Gasteiger partial charge is 0.339 e. The molecule has 2 heterocycles. The molecule has 0 aromatic carbocycles. The lowest BCUT2D eigenvalue weighted by atomic mass is 10.1. The smallest absolute Gasteiger partial charge is 0.229 e. The molecule has 0 bridgehead atoms. The van der Waals surface area contributed by atoms with Crippen LogP contribution in [0.5, 0.6) is 0 Å². The van der Waals surface area contributed by atoms with Crippen molar-refractivity contribution in [2.24, 2.45) is 0 Å². The van der Waals surface area contributed by atoms with E-state index in [0.717, 1.165) is 11.7 Å². The number of hydrogen-bond acceptors (Lipinski definition) is 5. The molecule has 18 heavy (non-hydrogen) atoms. The van der Waals surface area contributed by atoms with Gasteiger partial charge in [-0.3, -0.25) is 4.98 Å². The van der Waals surface area contributed by atoms with Gasteiger partial charge in [-0.25, -0.2) is 0 Å². The maximum absolute atomic E-state index is 5.22. The van der Waals surface area contributed by atoms with Gasteiger partial charge < -0.3 is 9.84 Å². The van der Waals surface area contributed by atoms with Gasteiger partial charge in [0.2, 0.25) is 5.89 Å². The molecule has 0 spiro atoms. The zero-order valence-corrected chi connectivity index (χ0v) is 10.3. The number of rotatable bonds is 5. The molecule has 1 atom stereocenters. The Kier molecular flexibility index (Phi) is 3.06. The first-order valence-corrected chi connectivity index (χ1v) is 6.28. The highest BCUT2D eigenvalue weighted by Gasteiger charge is 2.29. The Bertz CT molecular complexity index is 507.